The highest BCUT2D eigenvalue weighted by Crippen LogP contribution is 2.13. The molecule has 0 aromatic heterocycles. The Bertz CT molecular complexity index is 430. The van der Waals surface area contributed by atoms with E-state index in [9.17, 15) is 5.11 Å². The monoisotopic (exact) mass is 324 g/mol. The van der Waals surface area contributed by atoms with Crippen molar-refractivity contribution in [3.8, 4) is 5.75 Å². The first-order valence-corrected chi connectivity index (χ1v) is 8.89. The molecule has 0 radical (unpaired) electrons. The normalized spacial score (nSPS) is 22.7. The summed E-state index contributed by atoms with van der Waals surface area (Å²) in [7, 11) is 0. The van der Waals surface area contributed by atoms with Crippen LogP contribution in [0.3, 0.4) is 0 Å². The molecule has 1 fully saturated rings. The summed E-state index contributed by atoms with van der Waals surface area (Å²) in [6.07, 6.45) is 1.81. The summed E-state index contributed by atoms with van der Waals surface area (Å²) >= 11 is 0. The Morgan fingerprint density at radius 3 is 2.35 bits per heavy atom. The lowest BCUT2D eigenvalue weighted by Crippen LogP contribution is -3.28. The molecule has 5 heteroatoms. The average molecular weight is 324 g/mol. The maximum absolute atomic E-state index is 10.2. The first-order chi connectivity index (χ1) is 11.2. The molecule has 1 atom stereocenters. The third-order valence-corrected chi connectivity index (χ3v) is 4.56. The van der Waals surface area contributed by atoms with Crippen LogP contribution >= 0.6 is 0 Å². The minimum absolute atomic E-state index is 0.262. The van der Waals surface area contributed by atoms with E-state index in [1.54, 1.807) is 0 Å². The van der Waals surface area contributed by atoms with Crippen molar-refractivity contribution in [3.63, 3.8) is 0 Å². The minimum atomic E-state index is -0.431. The molecule has 0 amide bonds. The first-order valence-electron chi connectivity index (χ1n) is 8.89. The van der Waals surface area contributed by atoms with Gasteiger partial charge in [0.2, 0.25) is 0 Å². The molecule has 1 aliphatic rings. The van der Waals surface area contributed by atoms with E-state index in [1.165, 1.54) is 15.4 Å². The molecule has 0 unspecified atom stereocenters. The predicted octanol–water partition coefficient (Wildman–Crippen LogP) is -1.85. The number of aliphatic hydroxyl groups excluding tert-OH is 2. The second kappa shape index (κ2) is 9.88. The quantitative estimate of drug-likeness (QED) is 0.432. The van der Waals surface area contributed by atoms with Crippen LogP contribution in [0.5, 0.6) is 5.75 Å². The lowest BCUT2D eigenvalue weighted by molar-refractivity contribution is -1.01. The highest BCUT2D eigenvalue weighted by Gasteiger charge is 2.24. The van der Waals surface area contributed by atoms with E-state index >= 15 is 0 Å². The van der Waals surface area contributed by atoms with Gasteiger partial charge < -0.3 is 24.7 Å². The van der Waals surface area contributed by atoms with E-state index in [1.807, 2.05) is 12.1 Å². The summed E-state index contributed by atoms with van der Waals surface area (Å²) in [5.41, 5.74) is 1.33. The van der Waals surface area contributed by atoms with Crippen molar-refractivity contribution in [1.29, 1.82) is 0 Å². The standard InChI is InChI=1S/C18H30N2O3/c1-2-3-16-4-6-18(7-5-16)23-15-17(22)14-20-10-8-19(9-11-20)12-13-21/h4-7,17,21-22H,2-3,8-15H2,1H3/p+2/t17-/m1/s1. The minimum Gasteiger partial charge on any atom is -0.491 e. The van der Waals surface area contributed by atoms with Crippen molar-refractivity contribution in [2.75, 3.05) is 52.5 Å². The van der Waals surface area contributed by atoms with Gasteiger partial charge in [-0.1, -0.05) is 25.5 Å². The van der Waals surface area contributed by atoms with Gasteiger partial charge in [0, 0.05) is 0 Å². The number of quaternary nitrogens is 2. The van der Waals surface area contributed by atoms with Crippen molar-refractivity contribution < 1.29 is 24.7 Å². The Balaban J connectivity index is 1.66. The predicted molar refractivity (Wildman–Crippen MR) is 90.2 cm³/mol. The van der Waals surface area contributed by atoms with E-state index in [0.717, 1.165) is 57.9 Å². The van der Waals surface area contributed by atoms with Gasteiger partial charge in [0.1, 0.15) is 57.7 Å². The summed E-state index contributed by atoms with van der Waals surface area (Å²) in [5.74, 6) is 0.830. The fourth-order valence-corrected chi connectivity index (χ4v) is 3.19. The largest absolute Gasteiger partial charge is 0.491 e. The molecule has 2 rings (SSSR count). The van der Waals surface area contributed by atoms with Gasteiger partial charge in [0.25, 0.3) is 0 Å². The number of aryl methyl sites for hydroxylation is 1. The summed E-state index contributed by atoms with van der Waals surface area (Å²) in [4.78, 5) is 2.90. The van der Waals surface area contributed by atoms with Crippen molar-refractivity contribution in [3.05, 3.63) is 29.8 Å². The van der Waals surface area contributed by atoms with Crippen LogP contribution in [0.25, 0.3) is 0 Å². The molecule has 5 nitrogen and oxygen atoms in total. The summed E-state index contributed by atoms with van der Waals surface area (Å²) in [6.45, 7) is 8.62. The molecule has 1 aliphatic heterocycles. The van der Waals surface area contributed by atoms with Crippen molar-refractivity contribution in [2.24, 2.45) is 0 Å². The highest BCUT2D eigenvalue weighted by atomic mass is 16.5. The molecule has 1 saturated heterocycles. The van der Waals surface area contributed by atoms with Gasteiger partial charge in [-0.25, -0.2) is 0 Å². The zero-order valence-electron chi connectivity index (χ0n) is 14.3. The van der Waals surface area contributed by atoms with Gasteiger partial charge in [-0.2, -0.15) is 0 Å². The summed E-state index contributed by atoms with van der Waals surface area (Å²) in [6, 6.07) is 8.17. The molecule has 4 N–H and O–H groups in total. The molecule has 1 aromatic carbocycles. The van der Waals surface area contributed by atoms with Crippen LogP contribution in [0.2, 0.25) is 0 Å². The van der Waals surface area contributed by atoms with Gasteiger partial charge in [-0.3, -0.25) is 0 Å². The second-order valence-electron chi connectivity index (χ2n) is 6.54. The molecule has 0 aliphatic carbocycles. The van der Waals surface area contributed by atoms with Gasteiger partial charge >= 0.3 is 0 Å². The van der Waals surface area contributed by atoms with Crippen molar-refractivity contribution in [1.82, 2.24) is 0 Å². The number of hydrogen-bond acceptors (Lipinski definition) is 3. The van der Waals surface area contributed by atoms with Crippen LogP contribution in [0, 0.1) is 0 Å². The number of hydrogen-bond donors (Lipinski definition) is 4. The van der Waals surface area contributed by atoms with E-state index in [-0.39, 0.29) is 6.61 Å². The molecule has 0 saturated carbocycles. The third kappa shape index (κ3) is 6.47. The Labute approximate surface area is 139 Å². The van der Waals surface area contributed by atoms with Crippen LogP contribution in [0.4, 0.5) is 0 Å². The molecule has 23 heavy (non-hydrogen) atoms. The van der Waals surface area contributed by atoms with E-state index in [0.29, 0.717) is 6.61 Å². The average Bonchev–Trinajstić information content (AvgIpc) is 2.57. The Hall–Kier alpha value is -1.14. The van der Waals surface area contributed by atoms with Gasteiger partial charge in [-0.05, 0) is 24.1 Å². The second-order valence-corrected chi connectivity index (χ2v) is 6.54. The molecule has 130 valence electrons. The van der Waals surface area contributed by atoms with Gasteiger partial charge in [0.05, 0.1) is 6.61 Å². The van der Waals surface area contributed by atoms with Crippen LogP contribution < -0.4 is 14.5 Å². The zero-order chi connectivity index (χ0) is 16.5. The molecule has 1 heterocycles. The lowest BCUT2D eigenvalue weighted by Gasteiger charge is -2.30. The van der Waals surface area contributed by atoms with E-state index in [2.05, 4.69) is 19.1 Å². The van der Waals surface area contributed by atoms with E-state index in [4.69, 9.17) is 9.84 Å². The molecule has 1 aromatic rings. The first kappa shape index (κ1) is 18.2. The van der Waals surface area contributed by atoms with Gasteiger partial charge in [0.15, 0.2) is 0 Å². The third-order valence-electron chi connectivity index (χ3n) is 4.56. The molecular formula is C18H32N2O3+2. The molecule has 0 bridgehead atoms. The number of ether oxygens (including phenoxy) is 1. The smallest absolute Gasteiger partial charge is 0.137 e. The van der Waals surface area contributed by atoms with Crippen LogP contribution in [-0.4, -0.2) is 68.8 Å². The maximum Gasteiger partial charge on any atom is 0.137 e. The summed E-state index contributed by atoms with van der Waals surface area (Å²) in [5, 5.41) is 19.1. The van der Waals surface area contributed by atoms with Crippen LogP contribution in [0.15, 0.2) is 24.3 Å². The highest BCUT2D eigenvalue weighted by molar-refractivity contribution is 5.27. The van der Waals surface area contributed by atoms with Crippen LogP contribution in [0.1, 0.15) is 18.9 Å². The Kier molecular flexibility index (Phi) is 7.82. The Morgan fingerprint density at radius 1 is 1.09 bits per heavy atom. The summed E-state index contributed by atoms with van der Waals surface area (Å²) < 4.78 is 5.70. The maximum atomic E-state index is 10.2. The van der Waals surface area contributed by atoms with Crippen molar-refractivity contribution >= 4 is 0 Å². The fourth-order valence-electron chi connectivity index (χ4n) is 3.19. The van der Waals surface area contributed by atoms with E-state index < -0.39 is 6.10 Å². The number of aliphatic hydroxyl groups is 2. The topological polar surface area (TPSA) is 58.6 Å². The van der Waals surface area contributed by atoms with Crippen LogP contribution in [-0.2, 0) is 6.42 Å². The number of piperazine rings is 1. The molecule has 0 spiro atoms. The fraction of sp³-hybridized carbons (Fsp3) is 0.667. The SMILES string of the molecule is CCCc1ccc(OC[C@H](O)C[NH+]2CC[NH+](CCO)CC2)cc1. The number of rotatable bonds is 9. The Morgan fingerprint density at radius 2 is 1.74 bits per heavy atom. The zero-order valence-corrected chi connectivity index (χ0v) is 14.3. The lowest BCUT2D eigenvalue weighted by atomic mass is 10.1. The number of nitrogens with one attached hydrogen (secondary N) is 2. The number of benzene rings is 1. The van der Waals surface area contributed by atoms with Gasteiger partial charge in [-0.15, -0.1) is 0 Å². The molecular weight excluding hydrogens is 292 g/mol. The van der Waals surface area contributed by atoms with Crippen molar-refractivity contribution in [2.45, 2.75) is 25.9 Å².